The van der Waals surface area contributed by atoms with E-state index < -0.39 is 46.8 Å². The molecule has 1 aliphatic heterocycles. The van der Waals surface area contributed by atoms with Crippen molar-refractivity contribution >= 4 is 30.2 Å². The number of rotatable bonds is 6. The molecule has 0 spiro atoms. The fourth-order valence-electron chi connectivity index (χ4n) is 2.57. The van der Waals surface area contributed by atoms with Crippen molar-refractivity contribution in [1.82, 2.24) is 15.8 Å². The van der Waals surface area contributed by atoms with E-state index in [1.54, 1.807) is 0 Å². The summed E-state index contributed by atoms with van der Waals surface area (Å²) in [4.78, 5) is 38.1. The van der Waals surface area contributed by atoms with Crippen molar-refractivity contribution in [3.05, 3.63) is 47.7 Å². The molecule has 28 heavy (non-hydrogen) atoms. The summed E-state index contributed by atoms with van der Waals surface area (Å²) in [6.07, 6.45) is -0.752. The van der Waals surface area contributed by atoms with Gasteiger partial charge in [-0.15, -0.1) is 0 Å². The minimum Gasteiger partial charge on any atom is -0.404 e. The van der Waals surface area contributed by atoms with E-state index in [0.29, 0.717) is 10.0 Å². The Labute approximate surface area is 153 Å². The lowest BCUT2D eigenvalue weighted by Gasteiger charge is -2.28. The van der Waals surface area contributed by atoms with Gasteiger partial charge < -0.3 is 4.74 Å². The number of esters is 1. The molecule has 2 heterocycles. The largest absolute Gasteiger partial charge is 0.404 e. The quantitative estimate of drug-likeness (QED) is 0.240. The van der Waals surface area contributed by atoms with Gasteiger partial charge in [-0.3, -0.25) is 20.4 Å². The Morgan fingerprint density at radius 3 is 1.93 bits per heavy atom. The van der Waals surface area contributed by atoms with Crippen LogP contribution in [0.15, 0.2) is 24.4 Å². The Balaban J connectivity index is 2.13. The fourth-order valence-corrected chi connectivity index (χ4v) is 2.57. The number of nitrogens with one attached hydrogen (secondary N) is 2. The Hall–Kier alpha value is -3.90. The number of hydrogen-bond donors (Lipinski definition) is 2. The SMILES string of the molecule is O=CNN1c2c(F)c(F)c(F)c(F)c2N(NC=O)C1C(=O)Oc1ccccn1. The van der Waals surface area contributed by atoms with E-state index in [4.69, 9.17) is 4.74 Å². The highest BCUT2D eigenvalue weighted by Crippen LogP contribution is 2.43. The maximum atomic E-state index is 14.3. The Morgan fingerprint density at radius 1 is 0.964 bits per heavy atom. The number of pyridine rings is 1. The smallest absolute Gasteiger partial charge is 0.360 e. The number of amides is 2. The lowest BCUT2D eigenvalue weighted by Crippen LogP contribution is -2.59. The van der Waals surface area contributed by atoms with E-state index in [9.17, 15) is 31.9 Å². The summed E-state index contributed by atoms with van der Waals surface area (Å²) in [5.74, 6) is -9.70. The summed E-state index contributed by atoms with van der Waals surface area (Å²) in [5, 5.41) is 0.732. The predicted molar refractivity (Wildman–Crippen MR) is 83.3 cm³/mol. The first-order valence-corrected chi connectivity index (χ1v) is 7.39. The number of carbonyl (C=O) groups excluding carboxylic acids is 3. The van der Waals surface area contributed by atoms with Crippen molar-refractivity contribution in [3.8, 4) is 5.88 Å². The monoisotopic (exact) mass is 399 g/mol. The lowest BCUT2D eigenvalue weighted by molar-refractivity contribution is -0.136. The van der Waals surface area contributed by atoms with Crippen LogP contribution < -0.4 is 25.6 Å². The number of halogens is 4. The summed E-state index contributed by atoms with van der Waals surface area (Å²) >= 11 is 0. The fraction of sp³-hybridized carbons (Fsp3) is 0.0667. The highest BCUT2D eigenvalue weighted by atomic mass is 19.2. The number of ether oxygens (including phenoxy) is 1. The molecule has 0 unspecified atom stereocenters. The zero-order valence-electron chi connectivity index (χ0n) is 13.5. The number of hydrogen-bond acceptors (Lipinski definition) is 7. The van der Waals surface area contributed by atoms with Crippen LogP contribution >= 0.6 is 0 Å². The summed E-state index contributed by atoms with van der Waals surface area (Å²) < 4.78 is 60.9. The first kappa shape index (κ1) is 18.9. The van der Waals surface area contributed by atoms with E-state index in [-0.39, 0.29) is 18.7 Å². The second-order valence-electron chi connectivity index (χ2n) is 5.15. The molecule has 13 heteroatoms. The van der Waals surface area contributed by atoms with Gasteiger partial charge in [0.1, 0.15) is 11.4 Å². The molecule has 146 valence electrons. The lowest BCUT2D eigenvalue weighted by atomic mass is 10.2. The van der Waals surface area contributed by atoms with Crippen molar-refractivity contribution in [2.24, 2.45) is 0 Å². The molecule has 3 rings (SSSR count). The third kappa shape index (κ3) is 2.91. The zero-order chi connectivity index (χ0) is 20.4. The van der Waals surface area contributed by atoms with Gasteiger partial charge in [0.05, 0.1) is 0 Å². The second kappa shape index (κ2) is 7.38. The molecule has 0 bridgehead atoms. The molecular weight excluding hydrogens is 390 g/mol. The molecule has 1 aliphatic rings. The second-order valence-corrected chi connectivity index (χ2v) is 5.15. The molecule has 0 radical (unpaired) electrons. The van der Waals surface area contributed by atoms with Crippen LogP contribution in [0.2, 0.25) is 0 Å². The Morgan fingerprint density at radius 2 is 1.50 bits per heavy atom. The van der Waals surface area contributed by atoms with Crippen LogP contribution in [0.25, 0.3) is 0 Å². The van der Waals surface area contributed by atoms with Gasteiger partial charge in [-0.25, -0.2) is 37.4 Å². The van der Waals surface area contributed by atoms with E-state index >= 15 is 0 Å². The molecular formula is C15H9F4N5O4. The molecule has 0 atom stereocenters. The number of fused-ring (bicyclic) bond motifs is 1. The topological polar surface area (TPSA) is 104 Å². The highest BCUT2D eigenvalue weighted by Gasteiger charge is 2.48. The summed E-state index contributed by atoms with van der Waals surface area (Å²) in [7, 11) is 0. The van der Waals surface area contributed by atoms with Gasteiger partial charge in [0.2, 0.25) is 24.9 Å². The maximum Gasteiger partial charge on any atom is 0.360 e. The molecule has 9 nitrogen and oxygen atoms in total. The van der Waals surface area contributed by atoms with Crippen LogP contribution in [0.4, 0.5) is 28.9 Å². The molecule has 2 aromatic rings. The van der Waals surface area contributed by atoms with Crippen LogP contribution in [0, 0.1) is 23.3 Å². The minimum absolute atomic E-state index is 0.0339. The first-order chi connectivity index (χ1) is 13.4. The van der Waals surface area contributed by atoms with Gasteiger partial charge in [-0.2, -0.15) is 0 Å². The molecule has 0 aliphatic carbocycles. The summed E-state index contributed by atoms with van der Waals surface area (Å²) in [6, 6.07) is 4.25. The maximum absolute atomic E-state index is 14.3. The highest BCUT2D eigenvalue weighted by molar-refractivity contribution is 5.94. The molecule has 0 saturated heterocycles. The third-order valence-corrected chi connectivity index (χ3v) is 3.63. The van der Waals surface area contributed by atoms with Gasteiger partial charge in [-0.1, -0.05) is 6.07 Å². The van der Waals surface area contributed by atoms with E-state index in [2.05, 4.69) is 4.98 Å². The van der Waals surface area contributed by atoms with E-state index in [1.807, 2.05) is 10.9 Å². The summed E-state index contributed by atoms with van der Waals surface area (Å²) in [5.41, 5.74) is 1.64. The average Bonchev–Trinajstić information content (AvgIpc) is 3.00. The minimum atomic E-state index is -2.18. The Kier molecular flexibility index (Phi) is 4.98. The van der Waals surface area contributed by atoms with Gasteiger partial charge in [-0.05, 0) is 6.07 Å². The molecule has 0 saturated carbocycles. The third-order valence-electron chi connectivity index (χ3n) is 3.63. The van der Waals surface area contributed by atoms with Crippen molar-refractivity contribution in [2.75, 3.05) is 10.0 Å². The van der Waals surface area contributed by atoms with E-state index in [0.717, 1.165) is 0 Å². The Bertz CT molecular complexity index is 897. The number of carbonyl (C=O) groups is 3. The number of hydrazine groups is 2. The molecule has 1 aromatic carbocycles. The first-order valence-electron chi connectivity index (χ1n) is 7.39. The molecule has 0 fully saturated rings. The number of benzene rings is 1. The molecule has 2 N–H and O–H groups in total. The van der Waals surface area contributed by atoms with Crippen LogP contribution in [0.3, 0.4) is 0 Å². The zero-order valence-corrected chi connectivity index (χ0v) is 13.5. The standard InChI is InChI=1S/C15H9F4N5O4/c16-8-9(17)11(19)13-12(10(8)18)23(21-5-25)14(24(13)22-6-26)15(27)28-7-3-1-2-4-20-7/h1-6,14H,(H,21,25)(H,22,26). The number of aromatic nitrogens is 1. The van der Waals surface area contributed by atoms with Crippen molar-refractivity contribution in [3.63, 3.8) is 0 Å². The van der Waals surface area contributed by atoms with Gasteiger partial charge >= 0.3 is 5.97 Å². The van der Waals surface area contributed by atoms with Crippen LogP contribution in [-0.4, -0.2) is 29.9 Å². The van der Waals surface area contributed by atoms with Gasteiger partial charge in [0.15, 0.2) is 23.3 Å². The normalized spacial score (nSPS) is 13.1. The average molecular weight is 399 g/mol. The molecule has 1 aromatic heterocycles. The van der Waals surface area contributed by atoms with Gasteiger partial charge in [0.25, 0.3) is 0 Å². The van der Waals surface area contributed by atoms with E-state index in [1.165, 1.54) is 24.4 Å². The van der Waals surface area contributed by atoms with Crippen LogP contribution in [0.1, 0.15) is 0 Å². The van der Waals surface area contributed by atoms with Crippen molar-refractivity contribution < 1.29 is 36.7 Å². The predicted octanol–water partition coefficient (Wildman–Crippen LogP) is 0.518. The number of anilines is 2. The molecule has 2 amide bonds. The summed E-state index contributed by atoms with van der Waals surface area (Å²) in [6.45, 7) is 0. The van der Waals surface area contributed by atoms with Gasteiger partial charge in [0, 0.05) is 12.3 Å². The van der Waals surface area contributed by atoms with Crippen LogP contribution in [0.5, 0.6) is 5.88 Å². The number of nitrogens with zero attached hydrogens (tertiary/aromatic N) is 3. The van der Waals surface area contributed by atoms with Crippen molar-refractivity contribution in [2.45, 2.75) is 6.17 Å². The van der Waals surface area contributed by atoms with Crippen LogP contribution in [-0.2, 0) is 14.4 Å². The van der Waals surface area contributed by atoms with Crippen molar-refractivity contribution in [1.29, 1.82) is 0 Å².